The number of rotatable bonds is 5. The van der Waals surface area contributed by atoms with E-state index in [2.05, 4.69) is 0 Å². The number of benzene rings is 2. The second-order valence-electron chi connectivity index (χ2n) is 4.79. The van der Waals surface area contributed by atoms with Gasteiger partial charge in [0.2, 0.25) is 0 Å². The highest BCUT2D eigenvalue weighted by molar-refractivity contribution is 5.95. The zero-order valence-electron chi connectivity index (χ0n) is 11.8. The summed E-state index contributed by atoms with van der Waals surface area (Å²) < 4.78 is 5.78. The van der Waals surface area contributed by atoms with E-state index in [9.17, 15) is 0 Å². The average Bonchev–Trinajstić information content (AvgIpc) is 2.45. The molecule has 4 heteroatoms. The normalized spacial score (nSPS) is 10.1. The first-order chi connectivity index (χ1) is 9.56. The van der Waals surface area contributed by atoms with Crippen LogP contribution >= 0.6 is 0 Å². The summed E-state index contributed by atoms with van der Waals surface area (Å²) in [6.45, 7) is 0.456. The Labute approximate surface area is 119 Å². The van der Waals surface area contributed by atoms with Gasteiger partial charge in [-0.2, -0.15) is 0 Å². The molecule has 4 nitrogen and oxygen atoms in total. The molecule has 0 aliphatic rings. The van der Waals surface area contributed by atoms with Gasteiger partial charge in [0.05, 0.1) is 0 Å². The van der Waals surface area contributed by atoms with Gasteiger partial charge < -0.3 is 15.4 Å². The van der Waals surface area contributed by atoms with Gasteiger partial charge in [0.15, 0.2) is 0 Å². The number of ether oxygens (including phenoxy) is 1. The monoisotopic (exact) mass is 269 g/mol. The van der Waals surface area contributed by atoms with E-state index in [-0.39, 0.29) is 5.84 Å². The largest absolute Gasteiger partial charge is 0.489 e. The second-order valence-corrected chi connectivity index (χ2v) is 4.79. The lowest BCUT2D eigenvalue weighted by molar-refractivity contribution is 0.306. The Bertz CT molecular complexity index is 608. The third-order valence-corrected chi connectivity index (χ3v) is 2.98. The van der Waals surface area contributed by atoms with Crippen molar-refractivity contribution in [2.75, 3.05) is 19.0 Å². The van der Waals surface area contributed by atoms with Crippen molar-refractivity contribution in [3.05, 3.63) is 59.7 Å². The van der Waals surface area contributed by atoms with Crippen LogP contribution in [0.4, 0.5) is 5.69 Å². The Morgan fingerprint density at radius 1 is 1.15 bits per heavy atom. The number of nitrogens with one attached hydrogen (secondary N) is 1. The highest BCUT2D eigenvalue weighted by Gasteiger charge is 2.01. The lowest BCUT2D eigenvalue weighted by atomic mass is 10.1. The van der Waals surface area contributed by atoms with Crippen molar-refractivity contribution in [2.24, 2.45) is 5.73 Å². The lowest BCUT2D eigenvalue weighted by Crippen LogP contribution is -2.11. The van der Waals surface area contributed by atoms with Crippen LogP contribution in [-0.4, -0.2) is 19.9 Å². The van der Waals surface area contributed by atoms with Crippen LogP contribution in [-0.2, 0) is 6.61 Å². The maximum absolute atomic E-state index is 7.44. The number of anilines is 1. The minimum absolute atomic E-state index is 0.0708. The fourth-order valence-corrected chi connectivity index (χ4v) is 1.85. The van der Waals surface area contributed by atoms with Crippen LogP contribution in [0.3, 0.4) is 0 Å². The standard InChI is InChI=1S/C16H19N3O/c1-19(2)14-7-4-8-15(10-14)20-11-12-5-3-6-13(9-12)16(17)18/h3-10H,11H2,1-2H3,(H3,17,18). The Balaban J connectivity index is 2.07. The Kier molecular flexibility index (Phi) is 4.25. The van der Waals surface area contributed by atoms with Gasteiger partial charge in [-0.1, -0.05) is 24.3 Å². The molecule has 20 heavy (non-hydrogen) atoms. The topological polar surface area (TPSA) is 62.3 Å². The molecule has 0 aliphatic carbocycles. The van der Waals surface area contributed by atoms with E-state index in [1.165, 1.54) is 0 Å². The Hall–Kier alpha value is -2.49. The first-order valence-corrected chi connectivity index (χ1v) is 6.40. The van der Waals surface area contributed by atoms with Crippen molar-refractivity contribution in [3.63, 3.8) is 0 Å². The molecule has 0 saturated heterocycles. The first kappa shape index (κ1) is 13.9. The number of nitrogens with two attached hydrogens (primary N) is 1. The number of hydrogen-bond donors (Lipinski definition) is 2. The van der Waals surface area contributed by atoms with E-state index in [4.69, 9.17) is 15.9 Å². The Morgan fingerprint density at radius 2 is 1.90 bits per heavy atom. The summed E-state index contributed by atoms with van der Waals surface area (Å²) in [5, 5.41) is 7.44. The van der Waals surface area contributed by atoms with Gasteiger partial charge in [-0.25, -0.2) is 0 Å². The lowest BCUT2D eigenvalue weighted by Gasteiger charge is -2.14. The number of nitrogens with zero attached hydrogens (tertiary/aromatic N) is 1. The molecule has 0 unspecified atom stereocenters. The van der Waals surface area contributed by atoms with Crippen molar-refractivity contribution < 1.29 is 4.74 Å². The number of amidine groups is 1. The van der Waals surface area contributed by atoms with Crippen LogP contribution < -0.4 is 15.4 Å². The molecule has 0 saturated carbocycles. The quantitative estimate of drug-likeness (QED) is 0.648. The summed E-state index contributed by atoms with van der Waals surface area (Å²) in [5.41, 5.74) is 8.29. The number of nitrogen functional groups attached to an aromatic ring is 1. The average molecular weight is 269 g/mol. The highest BCUT2D eigenvalue weighted by atomic mass is 16.5. The van der Waals surface area contributed by atoms with E-state index in [1.807, 2.05) is 67.5 Å². The molecule has 0 fully saturated rings. The fourth-order valence-electron chi connectivity index (χ4n) is 1.85. The summed E-state index contributed by atoms with van der Waals surface area (Å²) >= 11 is 0. The molecular formula is C16H19N3O. The molecular weight excluding hydrogens is 250 g/mol. The molecule has 2 aromatic carbocycles. The van der Waals surface area contributed by atoms with Crippen molar-refractivity contribution in [1.29, 1.82) is 5.41 Å². The van der Waals surface area contributed by atoms with E-state index in [0.29, 0.717) is 12.2 Å². The third-order valence-electron chi connectivity index (χ3n) is 2.98. The molecule has 2 rings (SSSR count). The van der Waals surface area contributed by atoms with Crippen LogP contribution in [0.2, 0.25) is 0 Å². The fraction of sp³-hybridized carbons (Fsp3) is 0.188. The van der Waals surface area contributed by atoms with Crippen molar-refractivity contribution in [1.82, 2.24) is 0 Å². The van der Waals surface area contributed by atoms with Gasteiger partial charge in [-0.3, -0.25) is 5.41 Å². The van der Waals surface area contributed by atoms with Gasteiger partial charge in [-0.15, -0.1) is 0 Å². The predicted octanol–water partition coefficient (Wildman–Crippen LogP) is 2.62. The summed E-state index contributed by atoms with van der Waals surface area (Å²) in [6, 6.07) is 15.5. The van der Waals surface area contributed by atoms with Crippen LogP contribution in [0, 0.1) is 5.41 Å². The van der Waals surface area contributed by atoms with Gasteiger partial charge >= 0.3 is 0 Å². The van der Waals surface area contributed by atoms with E-state index in [0.717, 1.165) is 17.0 Å². The van der Waals surface area contributed by atoms with Gasteiger partial charge in [0, 0.05) is 31.4 Å². The smallest absolute Gasteiger partial charge is 0.122 e. The molecule has 0 bridgehead atoms. The number of hydrogen-bond acceptors (Lipinski definition) is 3. The zero-order chi connectivity index (χ0) is 14.5. The van der Waals surface area contributed by atoms with Gasteiger partial charge in [0.1, 0.15) is 18.2 Å². The SMILES string of the molecule is CN(C)c1cccc(OCc2cccc(C(=N)N)c2)c1. The van der Waals surface area contributed by atoms with Crippen LogP contribution in [0.1, 0.15) is 11.1 Å². The Morgan fingerprint density at radius 3 is 2.60 bits per heavy atom. The summed E-state index contributed by atoms with van der Waals surface area (Å²) in [5.74, 6) is 0.894. The molecule has 0 aromatic heterocycles. The van der Waals surface area contributed by atoms with Crippen LogP contribution in [0.5, 0.6) is 5.75 Å². The summed E-state index contributed by atoms with van der Waals surface area (Å²) in [7, 11) is 3.99. The third kappa shape index (κ3) is 3.51. The zero-order valence-corrected chi connectivity index (χ0v) is 11.8. The predicted molar refractivity (Wildman–Crippen MR) is 82.6 cm³/mol. The van der Waals surface area contributed by atoms with Gasteiger partial charge in [-0.05, 0) is 23.8 Å². The van der Waals surface area contributed by atoms with Crippen molar-refractivity contribution >= 4 is 11.5 Å². The maximum atomic E-state index is 7.44. The first-order valence-electron chi connectivity index (χ1n) is 6.40. The van der Waals surface area contributed by atoms with Crippen LogP contribution in [0.25, 0.3) is 0 Å². The van der Waals surface area contributed by atoms with Gasteiger partial charge in [0.25, 0.3) is 0 Å². The molecule has 0 heterocycles. The molecule has 104 valence electrons. The second kappa shape index (κ2) is 6.10. The summed E-state index contributed by atoms with van der Waals surface area (Å²) in [6.07, 6.45) is 0. The van der Waals surface area contributed by atoms with Crippen molar-refractivity contribution in [3.8, 4) is 5.75 Å². The molecule has 0 spiro atoms. The molecule has 0 aliphatic heterocycles. The summed E-state index contributed by atoms with van der Waals surface area (Å²) in [4.78, 5) is 2.03. The molecule has 2 aromatic rings. The molecule has 0 amide bonds. The minimum Gasteiger partial charge on any atom is -0.489 e. The van der Waals surface area contributed by atoms with Crippen molar-refractivity contribution in [2.45, 2.75) is 6.61 Å². The van der Waals surface area contributed by atoms with E-state index < -0.39 is 0 Å². The van der Waals surface area contributed by atoms with E-state index >= 15 is 0 Å². The highest BCUT2D eigenvalue weighted by Crippen LogP contribution is 2.20. The molecule has 3 N–H and O–H groups in total. The minimum atomic E-state index is 0.0708. The molecule has 0 atom stereocenters. The maximum Gasteiger partial charge on any atom is 0.122 e. The molecule has 0 radical (unpaired) electrons. The van der Waals surface area contributed by atoms with E-state index in [1.54, 1.807) is 0 Å². The van der Waals surface area contributed by atoms with Crippen LogP contribution in [0.15, 0.2) is 48.5 Å².